The lowest BCUT2D eigenvalue weighted by Gasteiger charge is -2.29. The van der Waals surface area contributed by atoms with Crippen LogP contribution in [0.1, 0.15) is 57.1 Å². The van der Waals surface area contributed by atoms with Gasteiger partial charge >= 0.3 is 0 Å². The molecule has 2 unspecified atom stereocenters. The van der Waals surface area contributed by atoms with Crippen LogP contribution in [0.15, 0.2) is 61.2 Å². The monoisotopic (exact) mass is 503 g/mol. The normalized spacial score (nSPS) is 17.7. The van der Waals surface area contributed by atoms with Gasteiger partial charge in [-0.1, -0.05) is 68.0 Å². The highest BCUT2D eigenvalue weighted by atomic mass is 16.2. The number of nitrogens with zero attached hydrogens (tertiary/aromatic N) is 1. The summed E-state index contributed by atoms with van der Waals surface area (Å²) in [6, 6.07) is 16.1. The van der Waals surface area contributed by atoms with Gasteiger partial charge < -0.3 is 16.0 Å². The number of likely N-dealkylation sites (tertiary alicyclic amines) is 1. The molecule has 0 aliphatic carbocycles. The Morgan fingerprint density at radius 3 is 2.49 bits per heavy atom. The molecule has 3 atom stereocenters. The standard InChI is InChI=1S/C31H41N3O3/c1-5-9-26(29(32)35)27(18-21(2)3)30(36)33-28-12-6-7-17-34(31(28)37)20-23-10-8-11-25(19-23)24-15-13-22(4)14-16-24/h5,8,10-11,13-16,19,21,26-28H,1,6-7,9,12,17-18,20H2,2-4H3,(H2,32,35)(H,33,36)/t26?,27?,28-/m0/s1. The summed E-state index contributed by atoms with van der Waals surface area (Å²) < 4.78 is 0. The Hall–Kier alpha value is -3.41. The fourth-order valence-corrected chi connectivity index (χ4v) is 5.11. The number of hydrogen-bond acceptors (Lipinski definition) is 3. The molecule has 0 radical (unpaired) electrons. The molecule has 198 valence electrons. The quantitative estimate of drug-likeness (QED) is 0.423. The molecule has 1 heterocycles. The smallest absolute Gasteiger partial charge is 0.245 e. The zero-order valence-electron chi connectivity index (χ0n) is 22.4. The molecule has 1 saturated heterocycles. The van der Waals surface area contributed by atoms with Crippen molar-refractivity contribution in [3.63, 3.8) is 0 Å². The minimum atomic E-state index is -0.638. The third-order valence-corrected chi connectivity index (χ3v) is 7.12. The first kappa shape index (κ1) is 28.2. The maximum Gasteiger partial charge on any atom is 0.245 e. The molecule has 2 aromatic carbocycles. The van der Waals surface area contributed by atoms with E-state index in [1.807, 2.05) is 30.9 Å². The summed E-state index contributed by atoms with van der Waals surface area (Å²) in [5, 5.41) is 2.99. The van der Waals surface area contributed by atoms with Gasteiger partial charge in [0.1, 0.15) is 6.04 Å². The van der Waals surface area contributed by atoms with E-state index in [0.717, 1.165) is 29.5 Å². The number of primary amides is 1. The fraction of sp³-hybridized carbons (Fsp3) is 0.452. The highest BCUT2D eigenvalue weighted by molar-refractivity contribution is 5.91. The summed E-state index contributed by atoms with van der Waals surface area (Å²) in [6.45, 7) is 10.9. The molecule has 3 amide bonds. The number of carbonyl (C=O) groups is 3. The number of rotatable bonds is 11. The van der Waals surface area contributed by atoms with Gasteiger partial charge in [0.25, 0.3) is 0 Å². The highest BCUT2D eigenvalue weighted by Crippen LogP contribution is 2.26. The Bertz CT molecular complexity index is 1090. The minimum absolute atomic E-state index is 0.0748. The predicted octanol–water partition coefficient (Wildman–Crippen LogP) is 5.00. The fourth-order valence-electron chi connectivity index (χ4n) is 5.11. The Balaban J connectivity index is 1.75. The maximum absolute atomic E-state index is 13.6. The average molecular weight is 504 g/mol. The number of carbonyl (C=O) groups excluding carboxylic acids is 3. The third kappa shape index (κ3) is 7.78. The zero-order valence-corrected chi connectivity index (χ0v) is 22.4. The molecule has 1 aliphatic heterocycles. The van der Waals surface area contributed by atoms with Crippen LogP contribution in [0.5, 0.6) is 0 Å². The number of amides is 3. The lowest BCUT2D eigenvalue weighted by molar-refractivity contribution is -0.139. The van der Waals surface area contributed by atoms with E-state index in [4.69, 9.17) is 5.73 Å². The van der Waals surface area contributed by atoms with E-state index in [0.29, 0.717) is 32.4 Å². The first-order valence-corrected chi connectivity index (χ1v) is 13.3. The van der Waals surface area contributed by atoms with Gasteiger partial charge in [-0.3, -0.25) is 14.4 Å². The van der Waals surface area contributed by atoms with Gasteiger partial charge in [0, 0.05) is 13.1 Å². The molecule has 1 fully saturated rings. The van der Waals surface area contributed by atoms with Gasteiger partial charge in [0.05, 0.1) is 11.8 Å². The van der Waals surface area contributed by atoms with Gasteiger partial charge in [-0.15, -0.1) is 6.58 Å². The van der Waals surface area contributed by atoms with Crippen LogP contribution in [-0.4, -0.2) is 35.2 Å². The second kappa shape index (κ2) is 13.2. The molecule has 1 aliphatic rings. The average Bonchev–Trinajstić information content (AvgIpc) is 3.03. The summed E-state index contributed by atoms with van der Waals surface area (Å²) in [5.74, 6) is -1.89. The number of aryl methyl sites for hydroxylation is 1. The van der Waals surface area contributed by atoms with Gasteiger partial charge in [-0.25, -0.2) is 0 Å². The summed E-state index contributed by atoms with van der Waals surface area (Å²) >= 11 is 0. The van der Waals surface area contributed by atoms with E-state index in [-0.39, 0.29) is 17.7 Å². The maximum atomic E-state index is 13.6. The highest BCUT2D eigenvalue weighted by Gasteiger charge is 2.35. The molecule has 0 spiro atoms. The van der Waals surface area contributed by atoms with Crippen molar-refractivity contribution < 1.29 is 14.4 Å². The molecule has 3 rings (SSSR count). The molecule has 6 heteroatoms. The van der Waals surface area contributed by atoms with Crippen LogP contribution in [0.25, 0.3) is 11.1 Å². The van der Waals surface area contributed by atoms with Crippen LogP contribution in [0.4, 0.5) is 0 Å². The van der Waals surface area contributed by atoms with Crippen molar-refractivity contribution in [2.24, 2.45) is 23.5 Å². The Morgan fingerprint density at radius 1 is 1.11 bits per heavy atom. The van der Waals surface area contributed by atoms with E-state index in [1.165, 1.54) is 5.56 Å². The number of nitrogens with two attached hydrogens (primary N) is 1. The summed E-state index contributed by atoms with van der Waals surface area (Å²) in [5.41, 5.74) is 10.2. The van der Waals surface area contributed by atoms with Gasteiger partial charge in [0.2, 0.25) is 17.7 Å². The number of allylic oxidation sites excluding steroid dienone is 1. The molecular formula is C31H41N3O3. The van der Waals surface area contributed by atoms with Crippen LogP contribution in [-0.2, 0) is 20.9 Å². The summed E-state index contributed by atoms with van der Waals surface area (Å²) in [7, 11) is 0. The second-order valence-corrected chi connectivity index (χ2v) is 10.7. The van der Waals surface area contributed by atoms with E-state index in [9.17, 15) is 14.4 Å². The zero-order chi connectivity index (χ0) is 26.9. The van der Waals surface area contributed by atoms with Gasteiger partial charge in [0.15, 0.2) is 0 Å². The van der Waals surface area contributed by atoms with Crippen molar-refractivity contribution in [1.82, 2.24) is 10.2 Å². The van der Waals surface area contributed by atoms with Gasteiger partial charge in [-0.2, -0.15) is 0 Å². The van der Waals surface area contributed by atoms with Crippen molar-refractivity contribution in [2.45, 2.75) is 65.5 Å². The van der Waals surface area contributed by atoms with E-state index >= 15 is 0 Å². The number of hydrogen-bond donors (Lipinski definition) is 2. The third-order valence-electron chi connectivity index (χ3n) is 7.12. The van der Waals surface area contributed by atoms with Crippen molar-refractivity contribution in [3.8, 4) is 11.1 Å². The molecule has 2 aromatic rings. The minimum Gasteiger partial charge on any atom is -0.369 e. The van der Waals surface area contributed by atoms with Crippen LogP contribution in [0, 0.1) is 24.7 Å². The summed E-state index contributed by atoms with van der Waals surface area (Å²) in [6.07, 6.45) is 4.79. The van der Waals surface area contributed by atoms with E-state index < -0.39 is 23.8 Å². The second-order valence-electron chi connectivity index (χ2n) is 10.7. The lowest BCUT2D eigenvalue weighted by atomic mass is 9.82. The molecule has 6 nitrogen and oxygen atoms in total. The molecule has 3 N–H and O–H groups in total. The Kier molecular flexibility index (Phi) is 10.1. The van der Waals surface area contributed by atoms with Gasteiger partial charge in [-0.05, 0) is 67.7 Å². The number of nitrogens with one attached hydrogen (secondary N) is 1. The SMILES string of the molecule is C=CCC(C(N)=O)C(CC(C)C)C(=O)N[C@H]1CCCCN(Cc2cccc(-c3ccc(C)cc3)c2)C1=O. The molecule has 0 aromatic heterocycles. The molecule has 0 bridgehead atoms. The van der Waals surface area contributed by atoms with Crippen LogP contribution in [0.2, 0.25) is 0 Å². The molecule has 0 saturated carbocycles. The predicted molar refractivity (Wildman–Crippen MR) is 148 cm³/mol. The van der Waals surface area contributed by atoms with Crippen molar-refractivity contribution >= 4 is 17.7 Å². The molecular weight excluding hydrogens is 462 g/mol. The lowest BCUT2D eigenvalue weighted by Crippen LogP contribution is -2.50. The van der Waals surface area contributed by atoms with E-state index in [2.05, 4.69) is 55.2 Å². The van der Waals surface area contributed by atoms with Crippen LogP contribution in [0.3, 0.4) is 0 Å². The Labute approximate surface area is 221 Å². The number of benzene rings is 2. The van der Waals surface area contributed by atoms with Crippen molar-refractivity contribution in [1.29, 1.82) is 0 Å². The topological polar surface area (TPSA) is 92.5 Å². The molecule has 37 heavy (non-hydrogen) atoms. The first-order chi connectivity index (χ1) is 17.7. The van der Waals surface area contributed by atoms with Crippen LogP contribution < -0.4 is 11.1 Å². The summed E-state index contributed by atoms with van der Waals surface area (Å²) in [4.78, 5) is 40.9. The largest absolute Gasteiger partial charge is 0.369 e. The van der Waals surface area contributed by atoms with Crippen molar-refractivity contribution in [3.05, 3.63) is 72.3 Å². The van der Waals surface area contributed by atoms with Crippen LogP contribution >= 0.6 is 0 Å². The van der Waals surface area contributed by atoms with E-state index in [1.54, 1.807) is 6.08 Å². The van der Waals surface area contributed by atoms with Crippen molar-refractivity contribution in [2.75, 3.05) is 6.54 Å². The first-order valence-electron chi connectivity index (χ1n) is 13.3. The Morgan fingerprint density at radius 2 is 1.84 bits per heavy atom.